The van der Waals surface area contributed by atoms with E-state index in [0.717, 1.165) is 31.9 Å². The van der Waals surface area contributed by atoms with E-state index in [1.165, 1.54) is 6.07 Å². The van der Waals surface area contributed by atoms with Crippen molar-refractivity contribution in [1.29, 1.82) is 0 Å². The third-order valence-electron chi connectivity index (χ3n) is 7.16. The number of nitrogens with zero attached hydrogens (tertiary/aromatic N) is 3. The van der Waals surface area contributed by atoms with Crippen molar-refractivity contribution < 1.29 is 17.6 Å². The average Bonchev–Trinajstić information content (AvgIpc) is 2.88. The number of piperazine rings is 1. The van der Waals surface area contributed by atoms with Gasteiger partial charge in [0.2, 0.25) is 12.4 Å². The van der Waals surface area contributed by atoms with Crippen molar-refractivity contribution in [1.82, 2.24) is 14.9 Å². The molecule has 0 aliphatic carbocycles. The van der Waals surface area contributed by atoms with Crippen LogP contribution in [-0.4, -0.2) is 54.0 Å². The van der Waals surface area contributed by atoms with Gasteiger partial charge in [-0.05, 0) is 72.8 Å². The molecule has 39 heavy (non-hydrogen) atoms. The predicted molar refractivity (Wildman–Crippen MR) is 146 cm³/mol. The molecule has 204 valence electrons. The lowest BCUT2D eigenvalue weighted by Crippen LogP contribution is -2.46. The first-order valence-corrected chi connectivity index (χ1v) is 12.8. The van der Waals surface area contributed by atoms with Crippen molar-refractivity contribution in [3.63, 3.8) is 0 Å². The topological polar surface area (TPSA) is 78.2 Å². The number of hydrogen-bond acceptors (Lipinski definition) is 5. The van der Waals surface area contributed by atoms with E-state index in [1.54, 1.807) is 37.3 Å². The predicted octanol–water partition coefficient (Wildman–Crippen LogP) is 5.59. The van der Waals surface area contributed by atoms with Gasteiger partial charge < -0.3 is 15.6 Å². The van der Waals surface area contributed by atoms with Crippen molar-refractivity contribution in [2.75, 3.05) is 43.4 Å². The van der Waals surface area contributed by atoms with Crippen LogP contribution in [0.5, 0.6) is 0 Å². The maximum Gasteiger partial charge on any atom is 0.258 e. The normalized spacial score (nSPS) is 14.5. The molecule has 3 heterocycles. The number of halogens is 4. The van der Waals surface area contributed by atoms with Crippen LogP contribution in [0, 0.1) is 18.7 Å². The number of nitrogen functional groups attached to an aromatic ring is 1. The Hall–Kier alpha value is -3.92. The Morgan fingerprint density at radius 3 is 2.38 bits per heavy atom. The van der Waals surface area contributed by atoms with E-state index in [0.29, 0.717) is 40.7 Å². The first kappa shape index (κ1) is 26.7. The Morgan fingerprint density at radius 2 is 1.69 bits per heavy atom. The Bertz CT molecular complexity index is 1550. The van der Waals surface area contributed by atoms with Crippen LogP contribution in [-0.2, 0) is 0 Å². The quantitative estimate of drug-likeness (QED) is 0.236. The molecular formula is C29H29F4N5O. The fraction of sp³-hybridized carbons (Fsp3) is 0.310. The summed E-state index contributed by atoms with van der Waals surface area (Å²) in [5.41, 5.74) is 8.64. The highest BCUT2D eigenvalue weighted by Gasteiger charge is 2.19. The molecule has 1 fully saturated rings. The summed E-state index contributed by atoms with van der Waals surface area (Å²) >= 11 is 0. The zero-order valence-electron chi connectivity index (χ0n) is 21.5. The second-order valence-corrected chi connectivity index (χ2v) is 9.87. The number of hydrogen-bond donors (Lipinski definition) is 2. The van der Waals surface area contributed by atoms with Gasteiger partial charge >= 0.3 is 0 Å². The summed E-state index contributed by atoms with van der Waals surface area (Å²) in [5.74, 6) is -1.53. The summed E-state index contributed by atoms with van der Waals surface area (Å²) in [6.07, 6.45) is -1.85. The number of fused-ring (bicyclic) bond motifs is 1. The van der Waals surface area contributed by atoms with Gasteiger partial charge in [0.15, 0.2) is 0 Å². The molecule has 6 nitrogen and oxygen atoms in total. The molecule has 0 amide bonds. The van der Waals surface area contributed by atoms with E-state index in [4.69, 9.17) is 5.73 Å². The maximum atomic E-state index is 14.9. The molecule has 2 aromatic heterocycles. The Labute approximate surface area is 223 Å². The van der Waals surface area contributed by atoms with E-state index in [1.807, 2.05) is 12.1 Å². The first-order chi connectivity index (χ1) is 18.7. The van der Waals surface area contributed by atoms with Crippen molar-refractivity contribution in [2.24, 2.45) is 0 Å². The maximum absolute atomic E-state index is 14.9. The first-order valence-electron chi connectivity index (χ1n) is 12.8. The summed E-state index contributed by atoms with van der Waals surface area (Å²) in [5, 5.41) is 0.359. The number of pyridine rings is 2. The standard InChI is InChI=1S/C29H29F4N5O/c1-17-13-20-14-19(15-24(30)26(20)29(39)35-17)23-16-22(27(33)36-28(23)34)18-4-6-21(7-5-18)38-11-9-37(10-12-38)8-2-3-25(31)32/h4-7,13-16,25H,2-3,8-12H2,1H3,(H2,34,36)(H,35,39). The number of benzene rings is 2. The second-order valence-electron chi connectivity index (χ2n) is 9.87. The van der Waals surface area contributed by atoms with E-state index in [9.17, 15) is 22.4 Å². The van der Waals surface area contributed by atoms with Crippen LogP contribution >= 0.6 is 0 Å². The molecule has 5 rings (SSSR count). The third kappa shape index (κ3) is 5.75. The lowest BCUT2D eigenvalue weighted by atomic mass is 9.98. The summed E-state index contributed by atoms with van der Waals surface area (Å²) < 4.78 is 54.6. The molecule has 3 N–H and O–H groups in total. The summed E-state index contributed by atoms with van der Waals surface area (Å²) in [6, 6.07) is 13.5. The zero-order valence-corrected chi connectivity index (χ0v) is 21.5. The number of aromatic amines is 1. The molecule has 0 spiro atoms. The number of aromatic nitrogens is 2. The van der Waals surface area contributed by atoms with Crippen LogP contribution in [0.1, 0.15) is 18.5 Å². The molecule has 4 aromatic rings. The van der Waals surface area contributed by atoms with Crippen molar-refractivity contribution in [3.05, 3.63) is 76.3 Å². The summed E-state index contributed by atoms with van der Waals surface area (Å²) in [6.45, 7) is 5.49. The fourth-order valence-electron chi connectivity index (χ4n) is 5.14. The van der Waals surface area contributed by atoms with Gasteiger partial charge in [-0.3, -0.25) is 9.69 Å². The molecule has 2 aromatic carbocycles. The van der Waals surface area contributed by atoms with Crippen LogP contribution in [0.2, 0.25) is 0 Å². The SMILES string of the molecule is Cc1cc2cc(-c3cc(-c4ccc(N5CCN(CCCC(F)F)CC5)cc4)c(F)nc3N)cc(F)c2c(=O)[nH]1. The number of aryl methyl sites for hydroxylation is 1. The van der Waals surface area contributed by atoms with Crippen molar-refractivity contribution in [2.45, 2.75) is 26.2 Å². The summed E-state index contributed by atoms with van der Waals surface area (Å²) in [4.78, 5) is 23.1. The minimum absolute atomic E-state index is 0.0530. The zero-order chi connectivity index (χ0) is 27.7. The van der Waals surface area contributed by atoms with Gasteiger partial charge in [-0.15, -0.1) is 0 Å². The van der Waals surface area contributed by atoms with Crippen LogP contribution in [0.15, 0.2) is 53.3 Å². The van der Waals surface area contributed by atoms with Gasteiger partial charge in [-0.25, -0.2) is 18.2 Å². The molecule has 0 saturated carbocycles. The van der Waals surface area contributed by atoms with Gasteiger partial charge in [0.25, 0.3) is 5.56 Å². The van der Waals surface area contributed by atoms with Gasteiger partial charge in [0, 0.05) is 55.1 Å². The smallest absolute Gasteiger partial charge is 0.258 e. The largest absolute Gasteiger partial charge is 0.383 e. The van der Waals surface area contributed by atoms with Gasteiger partial charge in [0.1, 0.15) is 11.6 Å². The number of H-pyrrole nitrogens is 1. The van der Waals surface area contributed by atoms with Crippen molar-refractivity contribution >= 4 is 22.3 Å². The Balaban J connectivity index is 1.37. The highest BCUT2D eigenvalue weighted by atomic mass is 19.3. The highest BCUT2D eigenvalue weighted by Crippen LogP contribution is 2.34. The molecule has 1 aliphatic heterocycles. The minimum atomic E-state index is -2.26. The van der Waals surface area contributed by atoms with Gasteiger partial charge in [-0.1, -0.05) is 12.1 Å². The van der Waals surface area contributed by atoms with E-state index in [2.05, 4.69) is 19.8 Å². The Morgan fingerprint density at radius 1 is 0.974 bits per heavy atom. The molecule has 1 saturated heterocycles. The molecule has 10 heteroatoms. The monoisotopic (exact) mass is 539 g/mol. The fourth-order valence-corrected chi connectivity index (χ4v) is 5.14. The van der Waals surface area contributed by atoms with E-state index >= 15 is 0 Å². The third-order valence-corrected chi connectivity index (χ3v) is 7.16. The van der Waals surface area contributed by atoms with Crippen LogP contribution in [0.25, 0.3) is 33.0 Å². The minimum Gasteiger partial charge on any atom is -0.383 e. The molecule has 1 aliphatic rings. The van der Waals surface area contributed by atoms with E-state index in [-0.39, 0.29) is 23.2 Å². The Kier molecular flexibility index (Phi) is 7.56. The molecule has 0 radical (unpaired) electrons. The van der Waals surface area contributed by atoms with Gasteiger partial charge in [0.05, 0.1) is 5.39 Å². The van der Waals surface area contributed by atoms with Crippen molar-refractivity contribution in [3.8, 4) is 22.3 Å². The lowest BCUT2D eigenvalue weighted by Gasteiger charge is -2.36. The lowest BCUT2D eigenvalue weighted by molar-refractivity contribution is 0.127. The number of nitrogens with one attached hydrogen (secondary N) is 1. The van der Waals surface area contributed by atoms with Crippen LogP contribution in [0.3, 0.4) is 0 Å². The highest BCUT2D eigenvalue weighted by molar-refractivity contribution is 5.90. The van der Waals surface area contributed by atoms with Crippen LogP contribution < -0.4 is 16.2 Å². The number of rotatable bonds is 7. The molecular weight excluding hydrogens is 510 g/mol. The number of anilines is 2. The molecule has 0 unspecified atom stereocenters. The van der Waals surface area contributed by atoms with Crippen LogP contribution in [0.4, 0.5) is 29.1 Å². The number of nitrogens with two attached hydrogens (primary N) is 1. The summed E-state index contributed by atoms with van der Waals surface area (Å²) in [7, 11) is 0. The van der Waals surface area contributed by atoms with Gasteiger partial charge in [-0.2, -0.15) is 4.39 Å². The molecule has 0 bridgehead atoms. The van der Waals surface area contributed by atoms with E-state index < -0.39 is 23.7 Å². The second kappa shape index (κ2) is 11.1. The number of alkyl halides is 2. The molecule has 0 atom stereocenters. The average molecular weight is 540 g/mol.